The number of hydrogen-bond donors (Lipinski definition) is 1. The second-order valence-corrected chi connectivity index (χ2v) is 6.40. The first kappa shape index (κ1) is 13.5. The van der Waals surface area contributed by atoms with Crippen molar-refractivity contribution in [2.45, 2.75) is 52.0 Å². The molecule has 100 valence electrons. The van der Waals surface area contributed by atoms with Crippen LogP contribution in [0.15, 0.2) is 12.1 Å². The fourth-order valence-corrected chi connectivity index (χ4v) is 3.24. The molecule has 1 aromatic rings. The van der Waals surface area contributed by atoms with Crippen molar-refractivity contribution >= 4 is 0 Å². The molecule has 0 spiro atoms. The molecule has 1 unspecified atom stereocenters. The summed E-state index contributed by atoms with van der Waals surface area (Å²) < 4.78 is 28.2. The first-order chi connectivity index (χ1) is 8.25. The fourth-order valence-electron chi connectivity index (χ4n) is 3.24. The lowest BCUT2D eigenvalue weighted by atomic mass is 9.66. The van der Waals surface area contributed by atoms with Crippen molar-refractivity contribution in [3.8, 4) is 0 Å². The SMILES string of the molecule is Cc1ccc(F)c(C2(N)CCCC(C)(C)C2)c1F. The summed E-state index contributed by atoms with van der Waals surface area (Å²) in [5, 5.41) is 0. The molecule has 1 fully saturated rings. The van der Waals surface area contributed by atoms with Crippen molar-refractivity contribution < 1.29 is 8.78 Å². The van der Waals surface area contributed by atoms with Crippen LogP contribution in [-0.2, 0) is 5.54 Å². The third-order valence-electron chi connectivity index (χ3n) is 4.05. The third kappa shape index (κ3) is 2.28. The number of benzene rings is 1. The largest absolute Gasteiger partial charge is 0.321 e. The lowest BCUT2D eigenvalue weighted by Gasteiger charge is -2.43. The van der Waals surface area contributed by atoms with Gasteiger partial charge in [0.25, 0.3) is 0 Å². The molecule has 1 aromatic carbocycles. The van der Waals surface area contributed by atoms with Crippen LogP contribution >= 0.6 is 0 Å². The molecule has 1 saturated carbocycles. The Morgan fingerprint density at radius 1 is 1.17 bits per heavy atom. The molecule has 2 rings (SSSR count). The summed E-state index contributed by atoms with van der Waals surface area (Å²) in [6.45, 7) is 5.87. The molecule has 0 heterocycles. The molecule has 0 saturated heterocycles. The number of rotatable bonds is 1. The summed E-state index contributed by atoms with van der Waals surface area (Å²) in [5.74, 6) is -0.992. The van der Waals surface area contributed by atoms with Crippen molar-refractivity contribution in [1.29, 1.82) is 0 Å². The van der Waals surface area contributed by atoms with E-state index in [9.17, 15) is 8.78 Å². The van der Waals surface area contributed by atoms with Gasteiger partial charge in [0.1, 0.15) is 11.6 Å². The average Bonchev–Trinajstić information content (AvgIpc) is 2.22. The van der Waals surface area contributed by atoms with Gasteiger partial charge in [0.2, 0.25) is 0 Å². The standard InChI is InChI=1S/C15H21F2N/c1-10-5-6-11(16)12(13(10)17)15(18)8-4-7-14(2,3)9-15/h5-6H,4,7-9,18H2,1-3H3. The number of aryl methyl sites for hydroxylation is 1. The molecule has 3 heteroatoms. The van der Waals surface area contributed by atoms with Gasteiger partial charge in [-0.25, -0.2) is 8.78 Å². The Balaban J connectivity index is 2.50. The van der Waals surface area contributed by atoms with Crippen molar-refractivity contribution in [3.63, 3.8) is 0 Å². The summed E-state index contributed by atoms with van der Waals surface area (Å²) in [5.41, 5.74) is 6.05. The minimum atomic E-state index is -0.873. The Bertz CT molecular complexity index is 468. The Hall–Kier alpha value is -0.960. The van der Waals surface area contributed by atoms with E-state index in [4.69, 9.17) is 5.73 Å². The maximum Gasteiger partial charge on any atom is 0.134 e. The van der Waals surface area contributed by atoms with E-state index >= 15 is 0 Å². The van der Waals surface area contributed by atoms with Crippen LogP contribution in [0.4, 0.5) is 8.78 Å². The van der Waals surface area contributed by atoms with Crippen LogP contribution < -0.4 is 5.73 Å². The topological polar surface area (TPSA) is 26.0 Å². The monoisotopic (exact) mass is 253 g/mol. The van der Waals surface area contributed by atoms with Crippen molar-refractivity contribution in [2.75, 3.05) is 0 Å². The second kappa shape index (κ2) is 4.30. The van der Waals surface area contributed by atoms with Crippen LogP contribution in [0.3, 0.4) is 0 Å². The lowest BCUT2D eigenvalue weighted by Crippen LogP contribution is -2.45. The minimum Gasteiger partial charge on any atom is -0.321 e. The fraction of sp³-hybridized carbons (Fsp3) is 0.600. The smallest absolute Gasteiger partial charge is 0.134 e. The third-order valence-corrected chi connectivity index (χ3v) is 4.05. The molecule has 0 radical (unpaired) electrons. The van der Waals surface area contributed by atoms with Gasteiger partial charge in [0, 0.05) is 11.1 Å². The molecule has 1 aliphatic carbocycles. The Morgan fingerprint density at radius 3 is 2.44 bits per heavy atom. The molecular weight excluding hydrogens is 232 g/mol. The predicted octanol–water partition coefficient (Wildman–Crippen LogP) is 4.03. The number of hydrogen-bond acceptors (Lipinski definition) is 1. The predicted molar refractivity (Wildman–Crippen MR) is 69.2 cm³/mol. The van der Waals surface area contributed by atoms with Crippen LogP contribution in [0.5, 0.6) is 0 Å². The average molecular weight is 253 g/mol. The highest BCUT2D eigenvalue weighted by molar-refractivity contribution is 5.33. The molecule has 0 aromatic heterocycles. The van der Waals surface area contributed by atoms with E-state index in [0.717, 1.165) is 12.8 Å². The molecule has 1 nitrogen and oxygen atoms in total. The molecule has 0 amide bonds. The van der Waals surface area contributed by atoms with E-state index in [2.05, 4.69) is 13.8 Å². The van der Waals surface area contributed by atoms with Crippen LogP contribution in [-0.4, -0.2) is 0 Å². The van der Waals surface area contributed by atoms with E-state index in [1.807, 2.05) is 0 Å². The van der Waals surface area contributed by atoms with Gasteiger partial charge in [-0.05, 0) is 43.2 Å². The van der Waals surface area contributed by atoms with Gasteiger partial charge < -0.3 is 5.73 Å². The van der Waals surface area contributed by atoms with Gasteiger partial charge in [-0.2, -0.15) is 0 Å². The lowest BCUT2D eigenvalue weighted by molar-refractivity contribution is 0.144. The highest BCUT2D eigenvalue weighted by Crippen LogP contribution is 2.46. The summed E-state index contributed by atoms with van der Waals surface area (Å²) in [4.78, 5) is 0. The highest BCUT2D eigenvalue weighted by Gasteiger charge is 2.41. The minimum absolute atomic E-state index is 0.0373. The zero-order valence-corrected chi connectivity index (χ0v) is 11.3. The highest BCUT2D eigenvalue weighted by atomic mass is 19.1. The van der Waals surface area contributed by atoms with E-state index in [-0.39, 0.29) is 11.0 Å². The summed E-state index contributed by atoms with van der Waals surface area (Å²) in [6, 6.07) is 2.79. The van der Waals surface area contributed by atoms with Gasteiger partial charge in [0.15, 0.2) is 0 Å². The molecule has 0 bridgehead atoms. The van der Waals surface area contributed by atoms with Gasteiger partial charge >= 0.3 is 0 Å². The van der Waals surface area contributed by atoms with Crippen molar-refractivity contribution in [2.24, 2.45) is 11.1 Å². The van der Waals surface area contributed by atoms with Gasteiger partial charge in [-0.15, -0.1) is 0 Å². The maximum atomic E-state index is 14.2. The first-order valence-electron chi connectivity index (χ1n) is 6.49. The molecule has 0 aliphatic heterocycles. The van der Waals surface area contributed by atoms with Gasteiger partial charge in [0.05, 0.1) is 0 Å². The zero-order valence-electron chi connectivity index (χ0n) is 11.3. The van der Waals surface area contributed by atoms with Crippen LogP contribution in [0.1, 0.15) is 50.7 Å². The van der Waals surface area contributed by atoms with E-state index in [1.165, 1.54) is 12.1 Å². The van der Waals surface area contributed by atoms with Crippen LogP contribution in [0, 0.1) is 24.0 Å². The quantitative estimate of drug-likeness (QED) is 0.803. The van der Waals surface area contributed by atoms with Crippen molar-refractivity contribution in [3.05, 3.63) is 34.9 Å². The summed E-state index contributed by atoms with van der Waals surface area (Å²) in [6.07, 6.45) is 3.24. The molecular formula is C15H21F2N. The molecule has 1 atom stereocenters. The molecule has 1 aliphatic rings. The van der Waals surface area contributed by atoms with Gasteiger partial charge in [-0.1, -0.05) is 26.3 Å². The Morgan fingerprint density at radius 2 is 1.83 bits per heavy atom. The van der Waals surface area contributed by atoms with Crippen molar-refractivity contribution in [1.82, 2.24) is 0 Å². The van der Waals surface area contributed by atoms with Crippen LogP contribution in [0.2, 0.25) is 0 Å². The Kier molecular flexibility index (Phi) is 3.22. The Labute approximate surface area is 107 Å². The number of nitrogens with two attached hydrogens (primary N) is 1. The van der Waals surface area contributed by atoms with Crippen LogP contribution in [0.25, 0.3) is 0 Å². The summed E-state index contributed by atoms with van der Waals surface area (Å²) >= 11 is 0. The normalized spacial score (nSPS) is 27.2. The molecule has 18 heavy (non-hydrogen) atoms. The first-order valence-corrected chi connectivity index (χ1v) is 6.49. The second-order valence-electron chi connectivity index (χ2n) is 6.40. The number of halogens is 2. The van der Waals surface area contributed by atoms with Gasteiger partial charge in [-0.3, -0.25) is 0 Å². The van der Waals surface area contributed by atoms with E-state index < -0.39 is 17.2 Å². The maximum absolute atomic E-state index is 14.2. The van der Waals surface area contributed by atoms with E-state index in [0.29, 0.717) is 18.4 Å². The van der Waals surface area contributed by atoms with E-state index in [1.54, 1.807) is 6.92 Å². The molecule has 2 N–H and O–H groups in total. The summed E-state index contributed by atoms with van der Waals surface area (Å²) in [7, 11) is 0. The zero-order chi connectivity index (χ0) is 13.6.